The molecule has 3 N–H and O–H groups in total. The molecule has 0 heterocycles. The van der Waals surface area contributed by atoms with Crippen LogP contribution in [0.5, 0.6) is 0 Å². The lowest BCUT2D eigenvalue weighted by Crippen LogP contribution is -3.09. The summed E-state index contributed by atoms with van der Waals surface area (Å²) in [6.07, 6.45) is 0. The number of halogens is 2. The molecule has 0 fully saturated rings. The van der Waals surface area contributed by atoms with Crippen LogP contribution in [0.2, 0.25) is 10.0 Å². The quantitative estimate of drug-likeness (QED) is 0.754. The van der Waals surface area contributed by atoms with Crippen LogP contribution in [-0.2, 0) is 11.3 Å². The summed E-state index contributed by atoms with van der Waals surface area (Å²) >= 11 is 12.0. The van der Waals surface area contributed by atoms with Crippen molar-refractivity contribution in [1.29, 1.82) is 0 Å². The van der Waals surface area contributed by atoms with Gasteiger partial charge in [-0.15, -0.1) is 0 Å². The van der Waals surface area contributed by atoms with E-state index in [4.69, 9.17) is 23.2 Å². The molecule has 0 saturated carbocycles. The zero-order valence-electron chi connectivity index (χ0n) is 11.4. The van der Waals surface area contributed by atoms with E-state index in [0.717, 1.165) is 10.5 Å². The Kier molecular flexibility index (Phi) is 6.78. The Hall–Kier alpha value is -1.30. The van der Waals surface area contributed by atoms with Crippen molar-refractivity contribution in [2.24, 2.45) is 0 Å². The van der Waals surface area contributed by atoms with Crippen LogP contribution in [0.15, 0.2) is 18.2 Å². The molecule has 1 rings (SSSR count). The zero-order chi connectivity index (χ0) is 15.1. The van der Waals surface area contributed by atoms with Crippen molar-refractivity contribution in [1.82, 2.24) is 10.6 Å². The predicted octanol–water partition coefficient (Wildman–Crippen LogP) is 0.854. The molecule has 1 aromatic rings. The lowest BCUT2D eigenvalue weighted by atomic mass is 10.2. The fourth-order valence-corrected chi connectivity index (χ4v) is 2.11. The molecule has 0 aromatic heterocycles. The molecular formula is C13H18Cl2N3O2+. The largest absolute Gasteiger partial charge is 0.338 e. The van der Waals surface area contributed by atoms with Gasteiger partial charge in [0.05, 0.1) is 17.1 Å². The minimum atomic E-state index is -0.480. The summed E-state index contributed by atoms with van der Waals surface area (Å²) in [6.45, 7) is 2.96. The summed E-state index contributed by atoms with van der Waals surface area (Å²) < 4.78 is 0. The van der Waals surface area contributed by atoms with Crippen molar-refractivity contribution < 1.29 is 14.5 Å². The number of likely N-dealkylation sites (N-methyl/N-ethyl adjacent to an activating group) is 1. The highest BCUT2D eigenvalue weighted by Gasteiger charge is 2.15. The Labute approximate surface area is 128 Å². The number of imide groups is 1. The summed E-state index contributed by atoms with van der Waals surface area (Å²) in [5.41, 5.74) is 0.863. The number of carbonyl (C=O) groups excluding carboxylic acids is 2. The summed E-state index contributed by atoms with van der Waals surface area (Å²) in [7, 11) is 1.84. The SMILES string of the molecule is CCNC(=O)NC(=O)C[NH+](C)Cc1cccc(Cl)c1Cl. The van der Waals surface area contributed by atoms with Gasteiger partial charge in [0.1, 0.15) is 6.54 Å². The van der Waals surface area contributed by atoms with Crippen molar-refractivity contribution in [3.8, 4) is 0 Å². The Morgan fingerprint density at radius 1 is 1.30 bits per heavy atom. The number of urea groups is 1. The van der Waals surface area contributed by atoms with Crippen LogP contribution in [0.4, 0.5) is 4.79 Å². The van der Waals surface area contributed by atoms with E-state index in [1.807, 2.05) is 19.2 Å². The third-order valence-electron chi connectivity index (χ3n) is 2.58. The van der Waals surface area contributed by atoms with E-state index in [2.05, 4.69) is 10.6 Å². The number of amides is 3. The number of hydrogen-bond acceptors (Lipinski definition) is 2. The van der Waals surface area contributed by atoms with Crippen LogP contribution in [0.25, 0.3) is 0 Å². The number of quaternary nitrogens is 1. The molecule has 5 nitrogen and oxygen atoms in total. The topological polar surface area (TPSA) is 62.6 Å². The maximum atomic E-state index is 11.6. The first-order valence-corrected chi connectivity index (χ1v) is 7.01. The first-order chi connectivity index (χ1) is 9.43. The summed E-state index contributed by atoms with van der Waals surface area (Å²) in [5.74, 6) is -0.341. The Morgan fingerprint density at radius 2 is 2.00 bits per heavy atom. The van der Waals surface area contributed by atoms with Gasteiger partial charge in [-0.2, -0.15) is 0 Å². The number of nitrogens with one attached hydrogen (secondary N) is 3. The van der Waals surface area contributed by atoms with E-state index in [-0.39, 0.29) is 12.5 Å². The molecule has 0 aliphatic carbocycles. The number of hydrogen-bond donors (Lipinski definition) is 3. The first-order valence-electron chi connectivity index (χ1n) is 6.26. The molecule has 0 saturated heterocycles. The van der Waals surface area contributed by atoms with E-state index in [9.17, 15) is 9.59 Å². The lowest BCUT2D eigenvalue weighted by molar-refractivity contribution is -0.885. The molecular weight excluding hydrogens is 301 g/mol. The lowest BCUT2D eigenvalue weighted by Gasteiger charge is -2.14. The maximum Gasteiger partial charge on any atom is 0.321 e. The second-order valence-corrected chi connectivity index (χ2v) is 5.22. The highest BCUT2D eigenvalue weighted by Crippen LogP contribution is 2.24. The number of carbonyl (C=O) groups is 2. The molecule has 110 valence electrons. The summed E-state index contributed by atoms with van der Waals surface area (Å²) in [4.78, 5) is 23.7. The average molecular weight is 319 g/mol. The van der Waals surface area contributed by atoms with Gasteiger partial charge in [0, 0.05) is 12.1 Å². The second kappa shape index (κ2) is 8.09. The number of benzene rings is 1. The average Bonchev–Trinajstić information content (AvgIpc) is 2.34. The van der Waals surface area contributed by atoms with Gasteiger partial charge in [-0.25, -0.2) is 4.79 Å². The standard InChI is InChI=1S/C13H17Cl2N3O2/c1-3-16-13(20)17-11(19)8-18(2)7-9-5-4-6-10(14)12(9)15/h4-6H,3,7-8H2,1-2H3,(H2,16,17,19,20)/p+1. The van der Waals surface area contributed by atoms with Crippen LogP contribution < -0.4 is 15.5 Å². The molecule has 1 atom stereocenters. The van der Waals surface area contributed by atoms with Crippen molar-refractivity contribution in [3.05, 3.63) is 33.8 Å². The minimum Gasteiger partial charge on any atom is -0.338 e. The van der Waals surface area contributed by atoms with Crippen LogP contribution in [0.1, 0.15) is 12.5 Å². The third kappa shape index (κ3) is 5.36. The van der Waals surface area contributed by atoms with Crippen molar-refractivity contribution >= 4 is 35.1 Å². The van der Waals surface area contributed by atoms with Gasteiger partial charge in [-0.1, -0.05) is 35.3 Å². The van der Waals surface area contributed by atoms with Crippen LogP contribution in [-0.4, -0.2) is 32.1 Å². The fraction of sp³-hybridized carbons (Fsp3) is 0.385. The van der Waals surface area contributed by atoms with Gasteiger partial charge >= 0.3 is 6.03 Å². The Balaban J connectivity index is 2.51. The highest BCUT2D eigenvalue weighted by atomic mass is 35.5. The van der Waals surface area contributed by atoms with Gasteiger partial charge in [-0.05, 0) is 13.0 Å². The van der Waals surface area contributed by atoms with Gasteiger partial charge in [-0.3, -0.25) is 10.1 Å². The van der Waals surface area contributed by atoms with Gasteiger partial charge in [0.25, 0.3) is 5.91 Å². The molecule has 7 heteroatoms. The van der Waals surface area contributed by atoms with E-state index in [0.29, 0.717) is 23.1 Å². The maximum absolute atomic E-state index is 11.6. The molecule has 0 aliphatic rings. The Morgan fingerprint density at radius 3 is 2.65 bits per heavy atom. The van der Waals surface area contributed by atoms with Crippen LogP contribution >= 0.6 is 23.2 Å². The van der Waals surface area contributed by atoms with E-state index in [1.165, 1.54) is 0 Å². The van der Waals surface area contributed by atoms with E-state index < -0.39 is 6.03 Å². The van der Waals surface area contributed by atoms with Gasteiger partial charge in [0.2, 0.25) is 0 Å². The van der Waals surface area contributed by atoms with Crippen LogP contribution in [0, 0.1) is 0 Å². The molecule has 20 heavy (non-hydrogen) atoms. The van der Waals surface area contributed by atoms with Crippen molar-refractivity contribution in [2.45, 2.75) is 13.5 Å². The highest BCUT2D eigenvalue weighted by molar-refractivity contribution is 6.42. The van der Waals surface area contributed by atoms with Crippen molar-refractivity contribution in [2.75, 3.05) is 20.1 Å². The van der Waals surface area contributed by atoms with Crippen molar-refractivity contribution in [3.63, 3.8) is 0 Å². The predicted molar refractivity (Wildman–Crippen MR) is 79.1 cm³/mol. The third-order valence-corrected chi connectivity index (χ3v) is 3.43. The first kappa shape index (κ1) is 16.8. The second-order valence-electron chi connectivity index (χ2n) is 4.43. The smallest absolute Gasteiger partial charge is 0.321 e. The van der Waals surface area contributed by atoms with Gasteiger partial charge in [0.15, 0.2) is 6.54 Å². The molecule has 3 amide bonds. The normalized spacial score (nSPS) is 11.8. The van der Waals surface area contributed by atoms with Gasteiger partial charge < -0.3 is 10.2 Å². The molecule has 1 aromatic carbocycles. The molecule has 0 bridgehead atoms. The number of rotatable bonds is 5. The molecule has 1 unspecified atom stereocenters. The monoisotopic (exact) mass is 318 g/mol. The molecule has 0 radical (unpaired) electrons. The van der Waals surface area contributed by atoms with E-state index >= 15 is 0 Å². The minimum absolute atomic E-state index is 0.167. The summed E-state index contributed by atoms with van der Waals surface area (Å²) in [5, 5.41) is 5.74. The van der Waals surface area contributed by atoms with E-state index in [1.54, 1.807) is 13.0 Å². The van der Waals surface area contributed by atoms with Crippen LogP contribution in [0.3, 0.4) is 0 Å². The molecule has 0 aliphatic heterocycles. The molecule has 0 spiro atoms. The Bertz CT molecular complexity index is 495. The zero-order valence-corrected chi connectivity index (χ0v) is 12.9. The fourth-order valence-electron chi connectivity index (χ4n) is 1.72. The summed E-state index contributed by atoms with van der Waals surface area (Å²) in [6, 6.07) is 4.90.